The summed E-state index contributed by atoms with van der Waals surface area (Å²) in [6.07, 6.45) is -0.580. The second-order valence-electron chi connectivity index (χ2n) is 4.68. The molecule has 0 saturated carbocycles. The molecule has 1 unspecified atom stereocenters. The van der Waals surface area contributed by atoms with Crippen LogP contribution in [0.5, 0.6) is 0 Å². The molecule has 0 aliphatic rings. The van der Waals surface area contributed by atoms with Gasteiger partial charge in [0.2, 0.25) is 0 Å². The minimum Gasteiger partial charge on any atom is -0.388 e. The molecule has 0 saturated heterocycles. The minimum atomic E-state index is -0.580. The molecule has 1 rings (SSSR count). The van der Waals surface area contributed by atoms with Crippen LogP contribution in [-0.2, 0) is 7.05 Å². The first-order valence-electron chi connectivity index (χ1n) is 4.62. The van der Waals surface area contributed by atoms with Gasteiger partial charge in [0, 0.05) is 12.6 Å². The number of hydrogen-bond donors (Lipinski definition) is 1. The first kappa shape index (κ1) is 11.5. The van der Waals surface area contributed by atoms with Crippen molar-refractivity contribution < 1.29 is 5.11 Å². The maximum Gasteiger partial charge on any atom is 0.132 e. The summed E-state index contributed by atoms with van der Waals surface area (Å²) in [4.78, 5) is 0. The fraction of sp³-hybridized carbons (Fsp3) is 0.700. The van der Waals surface area contributed by atoms with Gasteiger partial charge in [0.05, 0.1) is 11.8 Å². The van der Waals surface area contributed by atoms with Gasteiger partial charge in [-0.2, -0.15) is 5.10 Å². The highest BCUT2D eigenvalue weighted by Gasteiger charge is 2.29. The maximum atomic E-state index is 10.1. The number of aromatic nitrogens is 2. The normalized spacial score (nSPS) is 14.5. The molecule has 0 aliphatic carbocycles. The van der Waals surface area contributed by atoms with Gasteiger partial charge in [0.25, 0.3) is 0 Å². The summed E-state index contributed by atoms with van der Waals surface area (Å²) in [6.45, 7) is 7.78. The van der Waals surface area contributed by atoms with Crippen LogP contribution in [-0.4, -0.2) is 14.9 Å². The van der Waals surface area contributed by atoms with E-state index in [1.165, 1.54) is 0 Å². The molecular weight excluding hydrogens is 200 g/mol. The maximum absolute atomic E-state index is 10.1. The first-order chi connectivity index (χ1) is 6.25. The molecule has 0 spiro atoms. The first-order valence-corrected chi connectivity index (χ1v) is 5.00. The minimum absolute atomic E-state index is 0.225. The highest BCUT2D eigenvalue weighted by atomic mass is 35.5. The Bertz CT molecular complexity index is 339. The van der Waals surface area contributed by atoms with Gasteiger partial charge in [-0.05, 0) is 12.3 Å². The van der Waals surface area contributed by atoms with Crippen LogP contribution in [0.3, 0.4) is 0 Å². The van der Waals surface area contributed by atoms with Crippen molar-refractivity contribution in [2.75, 3.05) is 0 Å². The van der Waals surface area contributed by atoms with E-state index in [1.54, 1.807) is 11.7 Å². The highest BCUT2D eigenvalue weighted by Crippen LogP contribution is 2.37. The summed E-state index contributed by atoms with van der Waals surface area (Å²) in [5.41, 5.74) is 1.30. The molecule has 1 aromatic rings. The van der Waals surface area contributed by atoms with Gasteiger partial charge in [0.1, 0.15) is 5.15 Å². The molecule has 4 heteroatoms. The van der Waals surface area contributed by atoms with E-state index in [9.17, 15) is 5.11 Å². The molecule has 0 radical (unpaired) electrons. The predicted molar refractivity (Wildman–Crippen MR) is 57.4 cm³/mol. The van der Waals surface area contributed by atoms with E-state index in [1.807, 2.05) is 27.7 Å². The van der Waals surface area contributed by atoms with Crippen molar-refractivity contribution in [3.63, 3.8) is 0 Å². The third kappa shape index (κ3) is 1.93. The Balaban J connectivity index is 3.19. The number of aryl methyl sites for hydroxylation is 2. The summed E-state index contributed by atoms with van der Waals surface area (Å²) in [6, 6.07) is 0. The van der Waals surface area contributed by atoms with Crippen LogP contribution in [0.2, 0.25) is 5.15 Å². The second kappa shape index (κ2) is 3.55. The van der Waals surface area contributed by atoms with E-state index < -0.39 is 6.10 Å². The van der Waals surface area contributed by atoms with Gasteiger partial charge in [-0.15, -0.1) is 0 Å². The van der Waals surface area contributed by atoms with E-state index in [2.05, 4.69) is 5.10 Å². The predicted octanol–water partition coefficient (Wildman–Crippen LogP) is 2.46. The zero-order chi connectivity index (χ0) is 11.1. The Morgan fingerprint density at radius 2 is 1.93 bits per heavy atom. The fourth-order valence-electron chi connectivity index (χ4n) is 1.39. The summed E-state index contributed by atoms with van der Waals surface area (Å²) < 4.78 is 1.58. The topological polar surface area (TPSA) is 38.0 Å². The van der Waals surface area contributed by atoms with Crippen molar-refractivity contribution in [1.82, 2.24) is 9.78 Å². The second-order valence-corrected chi connectivity index (χ2v) is 5.04. The number of aliphatic hydroxyl groups is 1. The molecule has 14 heavy (non-hydrogen) atoms. The molecule has 1 N–H and O–H groups in total. The lowest BCUT2D eigenvalue weighted by molar-refractivity contribution is 0.0622. The standard InChI is InChI=1S/C10H17ClN2O/c1-6-7(8(14)10(2,3)4)9(11)13(5)12-6/h8,14H,1-5H3. The van der Waals surface area contributed by atoms with Crippen molar-refractivity contribution in [3.05, 3.63) is 16.4 Å². The SMILES string of the molecule is Cc1nn(C)c(Cl)c1C(O)C(C)(C)C. The summed E-state index contributed by atoms with van der Waals surface area (Å²) in [5.74, 6) is 0. The average molecular weight is 217 g/mol. The van der Waals surface area contributed by atoms with Gasteiger partial charge in [-0.3, -0.25) is 4.68 Å². The lowest BCUT2D eigenvalue weighted by Gasteiger charge is -2.25. The molecule has 0 bridgehead atoms. The Labute approximate surface area is 89.7 Å². The zero-order valence-electron chi connectivity index (χ0n) is 9.30. The molecule has 80 valence electrons. The van der Waals surface area contributed by atoms with Crippen molar-refractivity contribution in [1.29, 1.82) is 0 Å². The lowest BCUT2D eigenvalue weighted by atomic mass is 9.85. The van der Waals surface area contributed by atoms with Crippen LogP contribution in [0.1, 0.15) is 38.1 Å². The Morgan fingerprint density at radius 1 is 1.43 bits per heavy atom. The van der Waals surface area contributed by atoms with Crippen LogP contribution in [0.4, 0.5) is 0 Å². The molecule has 1 heterocycles. The zero-order valence-corrected chi connectivity index (χ0v) is 10.1. The van der Waals surface area contributed by atoms with Crippen LogP contribution in [0, 0.1) is 12.3 Å². The molecule has 0 amide bonds. The van der Waals surface area contributed by atoms with Crippen molar-refractivity contribution in [2.24, 2.45) is 12.5 Å². The number of nitrogens with zero attached hydrogens (tertiary/aromatic N) is 2. The molecule has 0 aliphatic heterocycles. The van der Waals surface area contributed by atoms with Crippen molar-refractivity contribution >= 4 is 11.6 Å². The van der Waals surface area contributed by atoms with Crippen LogP contribution < -0.4 is 0 Å². The van der Waals surface area contributed by atoms with Gasteiger partial charge >= 0.3 is 0 Å². The van der Waals surface area contributed by atoms with E-state index in [4.69, 9.17) is 11.6 Å². The van der Waals surface area contributed by atoms with Crippen molar-refractivity contribution in [2.45, 2.75) is 33.8 Å². The Kier molecular flexibility index (Phi) is 2.93. The summed E-state index contributed by atoms with van der Waals surface area (Å²) in [7, 11) is 1.77. The van der Waals surface area contributed by atoms with E-state index in [-0.39, 0.29) is 5.41 Å². The van der Waals surface area contributed by atoms with Crippen molar-refractivity contribution in [3.8, 4) is 0 Å². The number of rotatable bonds is 1. The molecule has 1 aromatic heterocycles. The molecule has 3 nitrogen and oxygen atoms in total. The van der Waals surface area contributed by atoms with Crippen LogP contribution in [0.25, 0.3) is 0 Å². The highest BCUT2D eigenvalue weighted by molar-refractivity contribution is 6.30. The monoisotopic (exact) mass is 216 g/mol. The summed E-state index contributed by atoms with van der Waals surface area (Å²) >= 11 is 6.06. The average Bonchev–Trinajstić information content (AvgIpc) is 2.24. The third-order valence-electron chi connectivity index (χ3n) is 2.29. The van der Waals surface area contributed by atoms with E-state index >= 15 is 0 Å². The summed E-state index contributed by atoms with van der Waals surface area (Å²) in [5, 5.41) is 14.8. The largest absolute Gasteiger partial charge is 0.388 e. The number of halogens is 1. The van der Waals surface area contributed by atoms with Gasteiger partial charge in [-0.1, -0.05) is 32.4 Å². The third-order valence-corrected chi connectivity index (χ3v) is 2.74. The number of hydrogen-bond acceptors (Lipinski definition) is 2. The smallest absolute Gasteiger partial charge is 0.132 e. The van der Waals surface area contributed by atoms with E-state index in [0.29, 0.717) is 5.15 Å². The van der Waals surface area contributed by atoms with E-state index in [0.717, 1.165) is 11.3 Å². The Hall–Kier alpha value is -0.540. The quantitative estimate of drug-likeness (QED) is 0.783. The Morgan fingerprint density at radius 3 is 2.21 bits per heavy atom. The lowest BCUT2D eigenvalue weighted by Crippen LogP contribution is -2.18. The van der Waals surface area contributed by atoms with Gasteiger partial charge < -0.3 is 5.11 Å². The van der Waals surface area contributed by atoms with Crippen LogP contribution in [0.15, 0.2) is 0 Å². The van der Waals surface area contributed by atoms with Crippen LogP contribution >= 0.6 is 11.6 Å². The fourth-order valence-corrected chi connectivity index (χ4v) is 1.67. The molecular formula is C10H17ClN2O. The van der Waals surface area contributed by atoms with Gasteiger partial charge in [0.15, 0.2) is 0 Å². The molecule has 1 atom stereocenters. The van der Waals surface area contributed by atoms with Gasteiger partial charge in [-0.25, -0.2) is 0 Å². The molecule has 0 aromatic carbocycles. The number of aliphatic hydroxyl groups excluding tert-OH is 1. The molecule has 0 fully saturated rings.